The maximum atomic E-state index is 13.4. The molecule has 250 valence electrons. The number of fused-ring (bicyclic) bond motifs is 1. The van der Waals surface area contributed by atoms with E-state index in [9.17, 15) is 4.79 Å². The summed E-state index contributed by atoms with van der Waals surface area (Å²) in [6.07, 6.45) is 3.91. The van der Waals surface area contributed by atoms with Crippen LogP contribution >= 0.6 is 0 Å². The fourth-order valence-electron chi connectivity index (χ4n) is 5.59. The molecular weight excluding hydrogens is 588 g/mol. The Kier molecular flexibility index (Phi) is 11.4. The lowest BCUT2D eigenvalue weighted by molar-refractivity contribution is 0.171. The number of hydrogen-bond acceptors (Lipinski definition) is 6. The number of amides is 2. The third-order valence-corrected chi connectivity index (χ3v) is 8.71. The number of amidine groups is 1. The molecule has 2 aromatic carbocycles. The van der Waals surface area contributed by atoms with Crippen molar-refractivity contribution in [3.8, 4) is 5.75 Å². The Balaban J connectivity index is 1.51. The van der Waals surface area contributed by atoms with Gasteiger partial charge in [0.25, 0.3) is 0 Å². The van der Waals surface area contributed by atoms with E-state index in [0.717, 1.165) is 23.1 Å². The molecule has 0 spiro atoms. The molecular formula is C37H50N8O2. The molecule has 3 atom stereocenters. The van der Waals surface area contributed by atoms with Crippen LogP contribution < -0.4 is 20.9 Å². The first-order valence-corrected chi connectivity index (χ1v) is 16.5. The van der Waals surface area contributed by atoms with E-state index in [2.05, 4.69) is 24.5 Å². The van der Waals surface area contributed by atoms with E-state index in [-0.39, 0.29) is 47.5 Å². The zero-order valence-electron chi connectivity index (χ0n) is 28.8. The summed E-state index contributed by atoms with van der Waals surface area (Å²) in [5.74, 6) is 1.25. The molecule has 3 aromatic rings. The molecule has 4 rings (SSSR count). The van der Waals surface area contributed by atoms with Gasteiger partial charge in [-0.15, -0.1) is 0 Å². The highest BCUT2D eigenvalue weighted by Gasteiger charge is 2.30. The minimum Gasteiger partial charge on any atom is -0.484 e. The van der Waals surface area contributed by atoms with Crippen molar-refractivity contribution in [1.82, 2.24) is 20.1 Å². The number of hydrogen-bond donors (Lipinski definition) is 5. The lowest BCUT2D eigenvalue weighted by Gasteiger charge is -2.33. The summed E-state index contributed by atoms with van der Waals surface area (Å²) in [5.41, 5.74) is 4.13. The van der Waals surface area contributed by atoms with E-state index in [4.69, 9.17) is 26.0 Å². The second-order valence-corrected chi connectivity index (χ2v) is 13.3. The van der Waals surface area contributed by atoms with Crippen molar-refractivity contribution in [1.29, 1.82) is 16.2 Å². The number of benzene rings is 2. The topological polar surface area (TPSA) is 142 Å². The summed E-state index contributed by atoms with van der Waals surface area (Å²) < 4.78 is 8.06. The number of urea groups is 1. The average Bonchev–Trinajstić information content (AvgIpc) is 3.03. The summed E-state index contributed by atoms with van der Waals surface area (Å²) in [4.78, 5) is 20.1. The third kappa shape index (κ3) is 8.96. The molecule has 47 heavy (non-hydrogen) atoms. The maximum Gasteiger partial charge on any atom is 0.320 e. The summed E-state index contributed by atoms with van der Waals surface area (Å²) in [6.45, 7) is 14.8. The standard InChI is InChI=1S/C37H50N8O2/c1-8-25(4)44(9-2)35(40)45-23-27(18-21-33(45)39)47-31-20-19-30(28-12-10-11-13-29(28)31)42-36(46)43-34(22-32(38)37(5,6)7)41-26-16-14-24(3)15-17-26/h10-18,21,23,25,30-31,38-40H,8-9,19-20,22H2,1-7H3,(H2,41,42,43,46). The second kappa shape index (κ2) is 15.2. The average molecular weight is 639 g/mol. The van der Waals surface area contributed by atoms with Crippen LogP contribution in [0, 0.1) is 28.6 Å². The molecule has 5 N–H and O–H groups in total. The molecule has 10 nitrogen and oxygen atoms in total. The number of nitrogens with one attached hydrogen (secondary N) is 5. The largest absolute Gasteiger partial charge is 0.484 e. The Morgan fingerprint density at radius 2 is 1.72 bits per heavy atom. The van der Waals surface area contributed by atoms with Gasteiger partial charge in [-0.05, 0) is 80.8 Å². The number of aryl methyl sites for hydroxylation is 1. The fraction of sp³-hybridized carbons (Fsp3) is 0.432. The lowest BCUT2D eigenvalue weighted by Crippen LogP contribution is -2.44. The van der Waals surface area contributed by atoms with Gasteiger partial charge in [-0.25, -0.2) is 9.79 Å². The van der Waals surface area contributed by atoms with Gasteiger partial charge in [-0.1, -0.05) is 69.7 Å². The molecule has 0 radical (unpaired) electrons. The second-order valence-electron chi connectivity index (χ2n) is 13.3. The monoisotopic (exact) mass is 638 g/mol. The SMILES string of the molecule is CCC(C)N(CC)C(=N)n1cc(OC2CCC(NC(=O)NC(CC(=N)C(C)(C)C)=Nc3ccc(C)cc3)c3ccccc32)ccc1=N. The third-order valence-electron chi connectivity index (χ3n) is 8.71. The Bertz CT molecular complexity index is 1670. The van der Waals surface area contributed by atoms with Crippen LogP contribution in [0.15, 0.2) is 71.9 Å². The fourth-order valence-corrected chi connectivity index (χ4v) is 5.59. The van der Waals surface area contributed by atoms with Crippen molar-refractivity contribution in [3.63, 3.8) is 0 Å². The first-order chi connectivity index (χ1) is 22.3. The molecule has 0 fully saturated rings. The molecule has 3 unspecified atom stereocenters. The van der Waals surface area contributed by atoms with Gasteiger partial charge in [0.05, 0.1) is 17.9 Å². The van der Waals surface area contributed by atoms with E-state index < -0.39 is 0 Å². The Labute approximate surface area is 278 Å². The van der Waals surface area contributed by atoms with Crippen molar-refractivity contribution < 1.29 is 9.53 Å². The molecule has 0 aliphatic heterocycles. The number of pyridine rings is 1. The number of nitrogens with zero attached hydrogens (tertiary/aromatic N) is 3. The molecule has 10 heteroatoms. The Hall–Kier alpha value is -4.73. The molecule has 1 aromatic heterocycles. The summed E-state index contributed by atoms with van der Waals surface area (Å²) in [6, 6.07) is 18.7. The summed E-state index contributed by atoms with van der Waals surface area (Å²) in [5, 5.41) is 32.0. The maximum absolute atomic E-state index is 13.4. The number of rotatable bonds is 9. The van der Waals surface area contributed by atoms with Crippen LogP contribution in [-0.2, 0) is 0 Å². The van der Waals surface area contributed by atoms with Crippen molar-refractivity contribution in [3.05, 3.63) is 89.0 Å². The van der Waals surface area contributed by atoms with Crippen LogP contribution in [0.25, 0.3) is 0 Å². The van der Waals surface area contributed by atoms with Crippen LogP contribution in [0.4, 0.5) is 10.5 Å². The Morgan fingerprint density at radius 3 is 2.36 bits per heavy atom. The minimum absolute atomic E-state index is 0.173. The van der Waals surface area contributed by atoms with E-state index in [0.29, 0.717) is 42.4 Å². The van der Waals surface area contributed by atoms with Crippen LogP contribution in [0.2, 0.25) is 0 Å². The molecule has 1 aliphatic carbocycles. The van der Waals surface area contributed by atoms with Gasteiger partial charge in [0.2, 0.25) is 5.96 Å². The van der Waals surface area contributed by atoms with E-state index >= 15 is 0 Å². The van der Waals surface area contributed by atoms with Crippen LogP contribution in [0.1, 0.15) is 96.1 Å². The number of aliphatic imine (C=N–C) groups is 1. The van der Waals surface area contributed by atoms with Gasteiger partial charge < -0.3 is 20.4 Å². The molecule has 0 saturated carbocycles. The lowest BCUT2D eigenvalue weighted by atomic mass is 9.85. The molecule has 1 heterocycles. The van der Waals surface area contributed by atoms with Crippen LogP contribution in [0.3, 0.4) is 0 Å². The minimum atomic E-state index is -0.371. The first kappa shape index (κ1) is 35.1. The van der Waals surface area contributed by atoms with Gasteiger partial charge >= 0.3 is 6.03 Å². The molecule has 0 saturated heterocycles. The Morgan fingerprint density at radius 1 is 1.04 bits per heavy atom. The highest BCUT2D eigenvalue weighted by molar-refractivity contribution is 6.09. The first-order valence-electron chi connectivity index (χ1n) is 16.5. The van der Waals surface area contributed by atoms with E-state index in [1.54, 1.807) is 22.9 Å². The molecule has 1 aliphatic rings. The summed E-state index contributed by atoms with van der Waals surface area (Å²) >= 11 is 0. The van der Waals surface area contributed by atoms with Crippen molar-refractivity contribution in [2.45, 2.75) is 92.3 Å². The van der Waals surface area contributed by atoms with Gasteiger partial charge in [0.1, 0.15) is 23.2 Å². The zero-order chi connectivity index (χ0) is 34.3. The van der Waals surface area contributed by atoms with Crippen LogP contribution in [0.5, 0.6) is 5.75 Å². The highest BCUT2D eigenvalue weighted by Crippen LogP contribution is 2.38. The van der Waals surface area contributed by atoms with Gasteiger partial charge in [0, 0.05) is 24.7 Å². The number of carbonyl (C=O) groups is 1. The predicted molar refractivity (Wildman–Crippen MR) is 189 cm³/mol. The van der Waals surface area contributed by atoms with E-state index in [1.807, 2.05) is 88.0 Å². The quantitative estimate of drug-likeness (QED) is 0.122. The van der Waals surface area contributed by atoms with Gasteiger partial charge in [0.15, 0.2) is 0 Å². The summed E-state index contributed by atoms with van der Waals surface area (Å²) in [7, 11) is 0. The zero-order valence-corrected chi connectivity index (χ0v) is 28.8. The van der Waals surface area contributed by atoms with Crippen molar-refractivity contribution in [2.75, 3.05) is 6.54 Å². The van der Waals surface area contributed by atoms with Crippen molar-refractivity contribution >= 4 is 29.2 Å². The smallest absolute Gasteiger partial charge is 0.320 e. The van der Waals surface area contributed by atoms with Gasteiger partial charge in [-0.3, -0.25) is 20.7 Å². The van der Waals surface area contributed by atoms with Gasteiger partial charge in [-0.2, -0.15) is 0 Å². The number of ether oxygens (including phenoxy) is 1. The van der Waals surface area contributed by atoms with Crippen molar-refractivity contribution in [2.24, 2.45) is 10.4 Å². The number of carbonyl (C=O) groups excluding carboxylic acids is 1. The highest BCUT2D eigenvalue weighted by atomic mass is 16.5. The molecule has 2 amide bonds. The van der Waals surface area contributed by atoms with E-state index in [1.165, 1.54) is 0 Å². The predicted octanol–water partition coefficient (Wildman–Crippen LogP) is 7.62. The normalized spacial score (nSPS) is 16.9. The molecule has 0 bridgehead atoms. The number of aromatic nitrogens is 1. The van der Waals surface area contributed by atoms with Crippen LogP contribution in [-0.4, -0.2) is 45.6 Å².